The number of hydrogen-bond donors (Lipinski definition) is 2. The Morgan fingerprint density at radius 3 is 2.72 bits per heavy atom. The Bertz CT molecular complexity index is 749. The topological polar surface area (TPSA) is 96.4 Å². The molecule has 1 aromatic heterocycles. The van der Waals surface area contributed by atoms with Crippen molar-refractivity contribution in [3.05, 3.63) is 47.9 Å². The Balaban J connectivity index is 2.06. The number of hydrogen-bond acceptors (Lipinski definition) is 7. The molecule has 2 aromatic rings. The predicted molar refractivity (Wildman–Crippen MR) is 94.0 cm³/mol. The Kier molecular flexibility index (Phi) is 6.41. The molecule has 0 bridgehead atoms. The largest absolute Gasteiger partial charge is 0.465 e. The summed E-state index contributed by atoms with van der Waals surface area (Å²) >= 11 is 0. The highest BCUT2D eigenvalue weighted by Crippen LogP contribution is 2.16. The monoisotopic (exact) mass is 343 g/mol. The van der Waals surface area contributed by atoms with Crippen LogP contribution >= 0.6 is 0 Å². The van der Waals surface area contributed by atoms with Gasteiger partial charge in [-0.2, -0.15) is 0 Å². The van der Waals surface area contributed by atoms with Crippen LogP contribution in [0.1, 0.15) is 20.8 Å². The van der Waals surface area contributed by atoms with Crippen LogP contribution < -0.4 is 10.6 Å². The number of amides is 1. The maximum Gasteiger partial charge on any atom is 0.337 e. The molecule has 0 aliphatic carbocycles. The number of anilines is 2. The first-order valence-corrected chi connectivity index (χ1v) is 7.70. The van der Waals surface area contributed by atoms with Crippen molar-refractivity contribution in [3.8, 4) is 0 Å². The molecular weight excluding hydrogens is 322 g/mol. The Labute approximate surface area is 146 Å². The zero-order valence-corrected chi connectivity index (χ0v) is 14.4. The van der Waals surface area contributed by atoms with E-state index in [2.05, 4.69) is 20.6 Å². The van der Waals surface area contributed by atoms with E-state index < -0.39 is 5.97 Å². The molecule has 1 aromatic carbocycles. The molecule has 2 N–H and O–H groups in total. The van der Waals surface area contributed by atoms with Crippen molar-refractivity contribution in [2.75, 3.05) is 39.6 Å². The van der Waals surface area contributed by atoms with Gasteiger partial charge < -0.3 is 20.3 Å². The molecule has 25 heavy (non-hydrogen) atoms. The second kappa shape index (κ2) is 8.74. The minimum Gasteiger partial charge on any atom is -0.465 e. The first-order chi connectivity index (χ1) is 12.0. The second-order valence-corrected chi connectivity index (χ2v) is 5.55. The van der Waals surface area contributed by atoms with Crippen LogP contribution in [-0.4, -0.2) is 61.0 Å². The molecule has 132 valence electrons. The smallest absolute Gasteiger partial charge is 0.337 e. The highest BCUT2D eigenvalue weighted by Gasteiger charge is 2.10. The van der Waals surface area contributed by atoms with E-state index in [9.17, 15) is 9.59 Å². The van der Waals surface area contributed by atoms with E-state index in [1.807, 2.05) is 19.0 Å². The van der Waals surface area contributed by atoms with Gasteiger partial charge in [0.1, 0.15) is 17.8 Å². The van der Waals surface area contributed by atoms with E-state index in [0.717, 1.165) is 6.54 Å². The highest BCUT2D eigenvalue weighted by atomic mass is 16.5. The van der Waals surface area contributed by atoms with Gasteiger partial charge in [0.25, 0.3) is 5.91 Å². The molecule has 0 saturated carbocycles. The molecule has 0 unspecified atom stereocenters. The zero-order chi connectivity index (χ0) is 18.2. The Morgan fingerprint density at radius 1 is 1.20 bits per heavy atom. The van der Waals surface area contributed by atoms with Crippen molar-refractivity contribution in [2.24, 2.45) is 0 Å². The Hall–Kier alpha value is -3.00. The molecule has 1 heterocycles. The SMILES string of the molecule is COC(=O)c1cccc(Nc2cc(C(=O)NCCN(C)C)ncn2)c1. The van der Waals surface area contributed by atoms with Crippen LogP contribution in [0.5, 0.6) is 0 Å². The lowest BCUT2D eigenvalue weighted by Gasteiger charge is -2.11. The van der Waals surface area contributed by atoms with E-state index in [1.165, 1.54) is 13.4 Å². The first-order valence-electron chi connectivity index (χ1n) is 7.70. The third-order valence-electron chi connectivity index (χ3n) is 3.30. The number of esters is 1. The van der Waals surface area contributed by atoms with E-state index in [4.69, 9.17) is 4.74 Å². The Morgan fingerprint density at radius 2 is 2.00 bits per heavy atom. The number of nitrogens with one attached hydrogen (secondary N) is 2. The summed E-state index contributed by atoms with van der Waals surface area (Å²) in [6, 6.07) is 8.36. The minimum atomic E-state index is -0.424. The second-order valence-electron chi connectivity index (χ2n) is 5.55. The van der Waals surface area contributed by atoms with Gasteiger partial charge in [0.05, 0.1) is 12.7 Å². The lowest BCUT2D eigenvalue weighted by atomic mass is 10.2. The molecular formula is C17H21N5O3. The molecule has 8 nitrogen and oxygen atoms in total. The van der Waals surface area contributed by atoms with E-state index in [1.54, 1.807) is 30.3 Å². The van der Waals surface area contributed by atoms with Gasteiger partial charge >= 0.3 is 5.97 Å². The quantitative estimate of drug-likeness (QED) is 0.731. The fourth-order valence-electron chi connectivity index (χ4n) is 2.02. The van der Waals surface area contributed by atoms with Gasteiger partial charge in [-0.25, -0.2) is 14.8 Å². The number of aromatic nitrogens is 2. The molecule has 0 saturated heterocycles. The molecule has 0 radical (unpaired) electrons. The highest BCUT2D eigenvalue weighted by molar-refractivity contribution is 5.93. The fraction of sp³-hybridized carbons (Fsp3) is 0.294. The summed E-state index contributed by atoms with van der Waals surface area (Å²) in [6.45, 7) is 1.27. The molecule has 0 fully saturated rings. The lowest BCUT2D eigenvalue weighted by molar-refractivity contribution is 0.0600. The summed E-state index contributed by atoms with van der Waals surface area (Å²) in [5.74, 6) is -0.238. The van der Waals surface area contributed by atoms with Gasteiger partial charge in [-0.3, -0.25) is 4.79 Å². The van der Waals surface area contributed by atoms with E-state index in [0.29, 0.717) is 23.6 Å². The van der Waals surface area contributed by atoms with Gasteiger partial charge in [-0.1, -0.05) is 6.07 Å². The molecule has 1 amide bonds. The van der Waals surface area contributed by atoms with Crippen LogP contribution in [0.2, 0.25) is 0 Å². The summed E-state index contributed by atoms with van der Waals surface area (Å²) in [4.78, 5) is 33.7. The number of rotatable bonds is 7. The van der Waals surface area contributed by atoms with Crippen LogP contribution in [0, 0.1) is 0 Å². The molecule has 0 aliphatic heterocycles. The number of nitrogens with zero attached hydrogens (tertiary/aromatic N) is 3. The fourth-order valence-corrected chi connectivity index (χ4v) is 2.02. The zero-order valence-electron chi connectivity index (χ0n) is 14.4. The van der Waals surface area contributed by atoms with Gasteiger partial charge in [0, 0.05) is 24.8 Å². The van der Waals surface area contributed by atoms with E-state index in [-0.39, 0.29) is 11.6 Å². The van der Waals surface area contributed by atoms with Crippen LogP contribution in [0.25, 0.3) is 0 Å². The third-order valence-corrected chi connectivity index (χ3v) is 3.30. The maximum absolute atomic E-state index is 12.1. The normalized spacial score (nSPS) is 10.4. The summed E-state index contributed by atoms with van der Waals surface area (Å²) in [5.41, 5.74) is 1.34. The van der Waals surface area contributed by atoms with Gasteiger partial charge in [0.2, 0.25) is 0 Å². The summed E-state index contributed by atoms with van der Waals surface area (Å²) in [5, 5.41) is 5.84. The van der Waals surface area contributed by atoms with Crippen molar-refractivity contribution in [1.29, 1.82) is 0 Å². The summed E-state index contributed by atoms with van der Waals surface area (Å²) in [7, 11) is 5.19. The standard InChI is InChI=1S/C17H21N5O3/c1-22(2)8-7-18-16(23)14-10-15(20-11-19-14)21-13-6-4-5-12(9-13)17(24)25-3/h4-6,9-11H,7-8H2,1-3H3,(H,18,23)(H,19,20,21). The number of carbonyl (C=O) groups excluding carboxylic acids is 2. The number of methoxy groups -OCH3 is 1. The molecule has 2 rings (SSSR count). The van der Waals surface area contributed by atoms with Crippen LogP contribution in [-0.2, 0) is 4.74 Å². The summed E-state index contributed by atoms with van der Waals surface area (Å²) < 4.78 is 4.70. The van der Waals surface area contributed by atoms with Crippen LogP contribution in [0.15, 0.2) is 36.7 Å². The predicted octanol–water partition coefficient (Wildman–Crippen LogP) is 1.30. The molecule has 0 aliphatic rings. The van der Waals surface area contributed by atoms with Gasteiger partial charge in [-0.05, 0) is 32.3 Å². The van der Waals surface area contributed by atoms with Crippen molar-refractivity contribution in [3.63, 3.8) is 0 Å². The van der Waals surface area contributed by atoms with Crippen molar-refractivity contribution < 1.29 is 14.3 Å². The van der Waals surface area contributed by atoms with Crippen LogP contribution in [0.3, 0.4) is 0 Å². The maximum atomic E-state index is 12.1. The molecule has 8 heteroatoms. The number of likely N-dealkylation sites (N-methyl/N-ethyl adjacent to an activating group) is 1. The number of benzene rings is 1. The van der Waals surface area contributed by atoms with Crippen molar-refractivity contribution >= 4 is 23.4 Å². The number of carbonyl (C=O) groups is 2. The van der Waals surface area contributed by atoms with Gasteiger partial charge in [0.15, 0.2) is 0 Å². The average Bonchev–Trinajstić information content (AvgIpc) is 2.61. The van der Waals surface area contributed by atoms with E-state index >= 15 is 0 Å². The third kappa shape index (κ3) is 5.54. The first kappa shape index (κ1) is 18.3. The molecule has 0 atom stereocenters. The number of ether oxygens (including phenoxy) is 1. The lowest BCUT2D eigenvalue weighted by Crippen LogP contribution is -2.31. The van der Waals surface area contributed by atoms with Gasteiger partial charge in [-0.15, -0.1) is 0 Å². The minimum absolute atomic E-state index is 0.264. The average molecular weight is 343 g/mol. The summed E-state index contributed by atoms with van der Waals surface area (Å²) in [6.07, 6.45) is 1.31. The molecule has 0 spiro atoms. The van der Waals surface area contributed by atoms with Crippen molar-refractivity contribution in [1.82, 2.24) is 20.2 Å². The van der Waals surface area contributed by atoms with Crippen LogP contribution in [0.4, 0.5) is 11.5 Å². The van der Waals surface area contributed by atoms with Crippen molar-refractivity contribution in [2.45, 2.75) is 0 Å².